The number of likely N-dealkylation sites (tertiary alicyclic amines) is 1. The number of aromatic nitrogens is 2. The van der Waals surface area contributed by atoms with Crippen LogP contribution in [0.1, 0.15) is 44.3 Å². The molecule has 1 aromatic heterocycles. The average Bonchev–Trinajstić information content (AvgIpc) is 3.05. The van der Waals surface area contributed by atoms with Gasteiger partial charge in [-0.1, -0.05) is 12.1 Å². The minimum Gasteiger partial charge on any atom is -0.342 e. The van der Waals surface area contributed by atoms with Gasteiger partial charge in [0, 0.05) is 45.7 Å². The molecule has 0 spiro atoms. The highest BCUT2D eigenvalue weighted by Gasteiger charge is 2.23. The van der Waals surface area contributed by atoms with Crippen LogP contribution in [0.15, 0.2) is 4.52 Å². The molecule has 0 aliphatic carbocycles. The minimum atomic E-state index is 0.296. The topological polar surface area (TPSA) is 65.7 Å². The molecule has 0 radical (unpaired) electrons. The van der Waals surface area contributed by atoms with Crippen LogP contribution in [-0.4, -0.2) is 76.6 Å². The number of aryl methyl sites for hydroxylation is 1. The van der Waals surface area contributed by atoms with E-state index in [9.17, 15) is 4.79 Å². The standard InChI is InChI=1S/C17H29N5O2/c1-2-6-15-18-16(24-19-15)13-20-9-11-21(12-10-20)14-17(23)22-7-4-3-5-8-22/h2-14H2,1H3. The predicted octanol–water partition coefficient (Wildman–Crippen LogP) is 1.15. The van der Waals surface area contributed by atoms with Crippen molar-refractivity contribution in [2.24, 2.45) is 0 Å². The van der Waals surface area contributed by atoms with Crippen molar-refractivity contribution in [3.8, 4) is 0 Å². The molecular formula is C17H29N5O2. The Hall–Kier alpha value is -1.47. The lowest BCUT2D eigenvalue weighted by atomic mass is 10.1. The van der Waals surface area contributed by atoms with E-state index < -0.39 is 0 Å². The number of piperazine rings is 1. The van der Waals surface area contributed by atoms with E-state index >= 15 is 0 Å². The molecule has 2 saturated heterocycles. The van der Waals surface area contributed by atoms with Crippen LogP contribution in [0.4, 0.5) is 0 Å². The first-order valence-corrected chi connectivity index (χ1v) is 9.28. The first-order valence-electron chi connectivity index (χ1n) is 9.28. The Bertz CT molecular complexity index is 519. The van der Waals surface area contributed by atoms with Gasteiger partial charge < -0.3 is 9.42 Å². The third-order valence-electron chi connectivity index (χ3n) is 4.88. The Morgan fingerprint density at radius 1 is 1.04 bits per heavy atom. The fourth-order valence-electron chi connectivity index (χ4n) is 3.41. The molecular weight excluding hydrogens is 306 g/mol. The molecule has 1 amide bonds. The maximum absolute atomic E-state index is 12.3. The van der Waals surface area contributed by atoms with E-state index in [0.29, 0.717) is 24.9 Å². The second-order valence-corrected chi connectivity index (χ2v) is 6.85. The van der Waals surface area contributed by atoms with Crippen molar-refractivity contribution in [2.75, 3.05) is 45.8 Å². The summed E-state index contributed by atoms with van der Waals surface area (Å²) in [6.45, 7) is 9.01. The zero-order chi connectivity index (χ0) is 16.8. The second-order valence-electron chi connectivity index (χ2n) is 6.85. The summed E-state index contributed by atoms with van der Waals surface area (Å²) < 4.78 is 5.31. The van der Waals surface area contributed by atoms with E-state index in [1.807, 2.05) is 4.90 Å². The van der Waals surface area contributed by atoms with Crippen molar-refractivity contribution < 1.29 is 9.32 Å². The summed E-state index contributed by atoms with van der Waals surface area (Å²) in [5.41, 5.74) is 0. The van der Waals surface area contributed by atoms with Gasteiger partial charge in [0.1, 0.15) is 0 Å². The molecule has 134 valence electrons. The quantitative estimate of drug-likeness (QED) is 0.777. The zero-order valence-electron chi connectivity index (χ0n) is 14.7. The van der Waals surface area contributed by atoms with Gasteiger partial charge >= 0.3 is 0 Å². The lowest BCUT2D eigenvalue weighted by Gasteiger charge is -2.35. The first-order chi connectivity index (χ1) is 11.7. The number of rotatable bonds is 6. The molecule has 1 aromatic rings. The van der Waals surface area contributed by atoms with Gasteiger partial charge in [-0.25, -0.2) is 0 Å². The van der Waals surface area contributed by atoms with E-state index in [2.05, 4.69) is 26.9 Å². The maximum atomic E-state index is 12.3. The monoisotopic (exact) mass is 335 g/mol. The van der Waals surface area contributed by atoms with Gasteiger partial charge in [0.15, 0.2) is 5.82 Å². The van der Waals surface area contributed by atoms with Crippen molar-refractivity contribution in [1.82, 2.24) is 24.8 Å². The Kier molecular flexibility index (Phi) is 6.20. The van der Waals surface area contributed by atoms with Crippen LogP contribution in [0.5, 0.6) is 0 Å². The summed E-state index contributed by atoms with van der Waals surface area (Å²) in [6, 6.07) is 0. The molecule has 0 atom stereocenters. The lowest BCUT2D eigenvalue weighted by Crippen LogP contribution is -2.50. The van der Waals surface area contributed by atoms with Crippen molar-refractivity contribution in [1.29, 1.82) is 0 Å². The van der Waals surface area contributed by atoms with E-state index in [1.54, 1.807) is 0 Å². The Balaban J connectivity index is 1.39. The smallest absolute Gasteiger partial charge is 0.240 e. The molecule has 0 bridgehead atoms. The van der Waals surface area contributed by atoms with E-state index in [-0.39, 0.29) is 0 Å². The highest BCUT2D eigenvalue weighted by atomic mass is 16.5. The summed E-state index contributed by atoms with van der Waals surface area (Å²) in [7, 11) is 0. The molecule has 2 aliphatic rings. The molecule has 2 fully saturated rings. The van der Waals surface area contributed by atoms with Crippen LogP contribution in [0.3, 0.4) is 0 Å². The van der Waals surface area contributed by atoms with Gasteiger partial charge in [0.05, 0.1) is 13.1 Å². The van der Waals surface area contributed by atoms with Gasteiger partial charge in [-0.2, -0.15) is 4.98 Å². The molecule has 24 heavy (non-hydrogen) atoms. The fourth-order valence-corrected chi connectivity index (χ4v) is 3.41. The molecule has 0 N–H and O–H groups in total. The number of hydrogen-bond acceptors (Lipinski definition) is 6. The minimum absolute atomic E-state index is 0.296. The van der Waals surface area contributed by atoms with Gasteiger partial charge in [-0.15, -0.1) is 0 Å². The molecule has 0 saturated carbocycles. The number of carbonyl (C=O) groups is 1. The highest BCUT2D eigenvalue weighted by molar-refractivity contribution is 5.78. The number of carbonyl (C=O) groups excluding carboxylic acids is 1. The van der Waals surface area contributed by atoms with E-state index in [1.165, 1.54) is 6.42 Å². The lowest BCUT2D eigenvalue weighted by molar-refractivity contribution is -0.133. The second kappa shape index (κ2) is 8.58. The van der Waals surface area contributed by atoms with E-state index in [4.69, 9.17) is 4.52 Å². The van der Waals surface area contributed by atoms with Gasteiger partial charge in [-0.3, -0.25) is 14.6 Å². The highest BCUT2D eigenvalue weighted by Crippen LogP contribution is 2.11. The number of hydrogen-bond donors (Lipinski definition) is 0. The van der Waals surface area contributed by atoms with Crippen molar-refractivity contribution in [3.05, 3.63) is 11.7 Å². The Morgan fingerprint density at radius 2 is 1.75 bits per heavy atom. The third kappa shape index (κ3) is 4.77. The Labute approximate surface area is 144 Å². The van der Waals surface area contributed by atoms with Crippen molar-refractivity contribution >= 4 is 5.91 Å². The molecule has 7 heteroatoms. The third-order valence-corrected chi connectivity index (χ3v) is 4.88. The zero-order valence-corrected chi connectivity index (χ0v) is 14.7. The van der Waals surface area contributed by atoms with Crippen molar-refractivity contribution in [3.63, 3.8) is 0 Å². The van der Waals surface area contributed by atoms with Crippen LogP contribution in [0.2, 0.25) is 0 Å². The number of nitrogens with zero attached hydrogens (tertiary/aromatic N) is 5. The van der Waals surface area contributed by atoms with Crippen LogP contribution in [-0.2, 0) is 17.8 Å². The van der Waals surface area contributed by atoms with Crippen molar-refractivity contribution in [2.45, 2.75) is 45.6 Å². The van der Waals surface area contributed by atoms with Gasteiger partial charge in [0.25, 0.3) is 0 Å². The molecule has 3 heterocycles. The summed E-state index contributed by atoms with van der Waals surface area (Å²) in [6.07, 6.45) is 5.48. The summed E-state index contributed by atoms with van der Waals surface area (Å²) >= 11 is 0. The van der Waals surface area contributed by atoms with Crippen LogP contribution in [0, 0.1) is 0 Å². The molecule has 7 nitrogen and oxygen atoms in total. The summed E-state index contributed by atoms with van der Waals surface area (Å²) in [4.78, 5) is 23.4. The Morgan fingerprint density at radius 3 is 2.46 bits per heavy atom. The number of piperidine rings is 1. The predicted molar refractivity (Wildman–Crippen MR) is 90.4 cm³/mol. The maximum Gasteiger partial charge on any atom is 0.240 e. The molecule has 0 unspecified atom stereocenters. The SMILES string of the molecule is CCCc1noc(CN2CCN(CC(=O)N3CCCCC3)CC2)n1. The largest absolute Gasteiger partial charge is 0.342 e. The molecule has 3 rings (SSSR count). The summed E-state index contributed by atoms with van der Waals surface area (Å²) in [5.74, 6) is 1.80. The first kappa shape index (κ1) is 17.4. The molecule has 2 aliphatic heterocycles. The van der Waals surface area contributed by atoms with Crippen LogP contribution < -0.4 is 0 Å². The average molecular weight is 335 g/mol. The number of amides is 1. The fraction of sp³-hybridized carbons (Fsp3) is 0.824. The van der Waals surface area contributed by atoms with E-state index in [0.717, 1.165) is 70.8 Å². The van der Waals surface area contributed by atoms with Crippen LogP contribution in [0.25, 0.3) is 0 Å². The van der Waals surface area contributed by atoms with Gasteiger partial charge in [0.2, 0.25) is 11.8 Å². The van der Waals surface area contributed by atoms with Gasteiger partial charge in [-0.05, 0) is 25.7 Å². The summed E-state index contributed by atoms with van der Waals surface area (Å²) in [5, 5.41) is 4.00. The molecule has 0 aromatic carbocycles. The van der Waals surface area contributed by atoms with Crippen LogP contribution >= 0.6 is 0 Å². The normalized spacial score (nSPS) is 20.5.